The molecule has 0 radical (unpaired) electrons. The average molecular weight is 279 g/mol. The number of rotatable bonds is 4. The maximum Gasteiger partial charge on any atom is 0.121 e. The molecule has 21 heavy (non-hydrogen) atoms. The molecule has 0 aliphatic rings. The third-order valence-electron chi connectivity index (χ3n) is 3.29. The Hall–Kier alpha value is -2.75. The van der Waals surface area contributed by atoms with Crippen LogP contribution in [0.1, 0.15) is 6.92 Å². The summed E-state index contributed by atoms with van der Waals surface area (Å²) < 4.78 is 5.51. The van der Waals surface area contributed by atoms with Crippen LogP contribution in [0.15, 0.2) is 54.9 Å². The van der Waals surface area contributed by atoms with Crippen LogP contribution in [0.3, 0.4) is 0 Å². The molecular weight excluding hydrogens is 262 g/mol. The normalized spacial score (nSPS) is 10.5. The Kier molecular flexibility index (Phi) is 3.60. The number of ether oxygens (including phenoxy) is 1. The van der Waals surface area contributed by atoms with E-state index < -0.39 is 0 Å². The highest BCUT2D eigenvalue weighted by molar-refractivity contribution is 5.99. The number of fused-ring (bicyclic) bond motifs is 1. The Bertz CT molecular complexity index is 771. The first kappa shape index (κ1) is 13.2. The zero-order valence-corrected chi connectivity index (χ0v) is 11.8. The largest absolute Gasteiger partial charge is 0.494 e. The minimum atomic E-state index is 0.647. The molecule has 1 heterocycles. The standard InChI is InChI=1S/C17H17N3O/c1-2-21-14-5-3-4-13(10-14)20-16-7-6-12-11-19-9-8-15(12)17(16)18/h3-11,20H,2,18H2,1H3. The van der Waals surface area contributed by atoms with Crippen molar-refractivity contribution in [2.45, 2.75) is 6.92 Å². The van der Waals surface area contributed by atoms with E-state index >= 15 is 0 Å². The summed E-state index contributed by atoms with van der Waals surface area (Å²) in [5.74, 6) is 0.839. The number of nitrogen functional groups attached to an aromatic ring is 1. The summed E-state index contributed by atoms with van der Waals surface area (Å²) in [6.45, 7) is 2.62. The number of nitrogens with zero attached hydrogens (tertiary/aromatic N) is 1. The molecule has 0 amide bonds. The van der Waals surface area contributed by atoms with Gasteiger partial charge in [0.15, 0.2) is 0 Å². The molecule has 0 saturated heterocycles. The topological polar surface area (TPSA) is 60.2 Å². The van der Waals surface area contributed by atoms with Gasteiger partial charge in [0.2, 0.25) is 0 Å². The van der Waals surface area contributed by atoms with Crippen molar-refractivity contribution in [3.63, 3.8) is 0 Å². The van der Waals surface area contributed by atoms with Gasteiger partial charge in [-0.15, -0.1) is 0 Å². The molecule has 0 spiro atoms. The molecule has 3 rings (SSSR count). The first-order valence-corrected chi connectivity index (χ1v) is 6.90. The first-order valence-electron chi connectivity index (χ1n) is 6.90. The summed E-state index contributed by atoms with van der Waals surface area (Å²) in [5, 5.41) is 5.37. The van der Waals surface area contributed by atoms with Crippen molar-refractivity contribution in [1.29, 1.82) is 0 Å². The van der Waals surface area contributed by atoms with Crippen LogP contribution in [0.2, 0.25) is 0 Å². The van der Waals surface area contributed by atoms with Crippen molar-refractivity contribution < 1.29 is 4.74 Å². The van der Waals surface area contributed by atoms with E-state index in [4.69, 9.17) is 10.5 Å². The summed E-state index contributed by atoms with van der Waals surface area (Å²) in [4.78, 5) is 4.11. The fourth-order valence-corrected chi connectivity index (χ4v) is 2.29. The van der Waals surface area contributed by atoms with Crippen LogP contribution in [-0.4, -0.2) is 11.6 Å². The molecule has 0 fully saturated rings. The van der Waals surface area contributed by atoms with Crippen LogP contribution in [0, 0.1) is 0 Å². The van der Waals surface area contributed by atoms with E-state index in [0.717, 1.165) is 33.6 Å². The van der Waals surface area contributed by atoms with Crippen molar-refractivity contribution in [2.75, 3.05) is 17.7 Å². The van der Waals surface area contributed by atoms with Crippen molar-refractivity contribution >= 4 is 27.8 Å². The molecule has 0 atom stereocenters. The van der Waals surface area contributed by atoms with Gasteiger partial charge in [-0.05, 0) is 31.2 Å². The molecule has 3 N–H and O–H groups in total. The molecule has 0 aliphatic heterocycles. The lowest BCUT2D eigenvalue weighted by Crippen LogP contribution is -1.98. The van der Waals surface area contributed by atoms with Crippen molar-refractivity contribution in [2.24, 2.45) is 0 Å². The quantitative estimate of drug-likeness (QED) is 0.710. The Balaban J connectivity index is 1.94. The van der Waals surface area contributed by atoms with Crippen molar-refractivity contribution in [3.05, 3.63) is 54.9 Å². The monoisotopic (exact) mass is 279 g/mol. The highest BCUT2D eigenvalue weighted by atomic mass is 16.5. The lowest BCUT2D eigenvalue weighted by Gasteiger charge is -2.12. The Morgan fingerprint density at radius 2 is 2.10 bits per heavy atom. The molecule has 106 valence electrons. The van der Waals surface area contributed by atoms with Crippen LogP contribution in [-0.2, 0) is 0 Å². The van der Waals surface area contributed by atoms with Crippen molar-refractivity contribution in [3.8, 4) is 5.75 Å². The fraction of sp³-hybridized carbons (Fsp3) is 0.118. The van der Waals surface area contributed by atoms with Gasteiger partial charge >= 0.3 is 0 Å². The van der Waals surface area contributed by atoms with E-state index in [1.165, 1.54) is 0 Å². The second-order valence-corrected chi connectivity index (χ2v) is 4.71. The molecule has 2 aromatic carbocycles. The number of anilines is 3. The molecule has 1 aromatic heterocycles. The number of benzene rings is 2. The van der Waals surface area contributed by atoms with Crippen LogP contribution in [0.25, 0.3) is 10.8 Å². The first-order chi connectivity index (χ1) is 10.3. The molecule has 0 aliphatic carbocycles. The summed E-state index contributed by atoms with van der Waals surface area (Å²) in [5.41, 5.74) is 8.78. The molecule has 4 heteroatoms. The van der Waals surface area contributed by atoms with Crippen LogP contribution in [0.4, 0.5) is 17.1 Å². The SMILES string of the molecule is CCOc1cccc(Nc2ccc3cnccc3c2N)c1. The van der Waals surface area contributed by atoms with Gasteiger partial charge < -0.3 is 15.8 Å². The number of hydrogen-bond acceptors (Lipinski definition) is 4. The number of nitrogens with one attached hydrogen (secondary N) is 1. The maximum absolute atomic E-state index is 6.24. The zero-order chi connectivity index (χ0) is 14.7. The summed E-state index contributed by atoms with van der Waals surface area (Å²) in [6, 6.07) is 13.7. The molecule has 3 aromatic rings. The Labute approximate surface area is 123 Å². The van der Waals surface area contributed by atoms with Gasteiger partial charge in [0.05, 0.1) is 18.0 Å². The lowest BCUT2D eigenvalue weighted by molar-refractivity contribution is 0.340. The predicted molar refractivity (Wildman–Crippen MR) is 87.0 cm³/mol. The van der Waals surface area contributed by atoms with Gasteiger partial charge in [0.25, 0.3) is 0 Å². The average Bonchev–Trinajstić information content (AvgIpc) is 2.51. The summed E-state index contributed by atoms with van der Waals surface area (Å²) >= 11 is 0. The van der Waals surface area contributed by atoms with E-state index in [1.54, 1.807) is 6.20 Å². The molecule has 4 nitrogen and oxygen atoms in total. The Morgan fingerprint density at radius 3 is 2.95 bits per heavy atom. The number of pyridine rings is 1. The number of hydrogen-bond donors (Lipinski definition) is 2. The summed E-state index contributed by atoms with van der Waals surface area (Å²) in [7, 11) is 0. The van der Waals surface area contributed by atoms with E-state index in [-0.39, 0.29) is 0 Å². The minimum Gasteiger partial charge on any atom is -0.494 e. The van der Waals surface area contributed by atoms with Gasteiger partial charge in [0, 0.05) is 34.9 Å². The molecule has 0 saturated carbocycles. The fourth-order valence-electron chi connectivity index (χ4n) is 2.29. The second-order valence-electron chi connectivity index (χ2n) is 4.71. The van der Waals surface area contributed by atoms with E-state index in [1.807, 2.05) is 55.6 Å². The number of nitrogens with two attached hydrogens (primary N) is 1. The van der Waals surface area contributed by atoms with E-state index in [2.05, 4.69) is 10.3 Å². The molecular formula is C17H17N3O. The van der Waals surface area contributed by atoms with Crippen LogP contribution in [0.5, 0.6) is 5.75 Å². The van der Waals surface area contributed by atoms with E-state index in [0.29, 0.717) is 6.61 Å². The van der Waals surface area contributed by atoms with Crippen LogP contribution < -0.4 is 15.8 Å². The third-order valence-corrected chi connectivity index (χ3v) is 3.29. The van der Waals surface area contributed by atoms with Crippen LogP contribution >= 0.6 is 0 Å². The predicted octanol–water partition coefficient (Wildman–Crippen LogP) is 3.96. The van der Waals surface area contributed by atoms with Gasteiger partial charge in [-0.2, -0.15) is 0 Å². The van der Waals surface area contributed by atoms with Gasteiger partial charge in [-0.25, -0.2) is 0 Å². The van der Waals surface area contributed by atoms with Crippen molar-refractivity contribution in [1.82, 2.24) is 4.98 Å². The highest BCUT2D eigenvalue weighted by Gasteiger charge is 2.05. The van der Waals surface area contributed by atoms with E-state index in [9.17, 15) is 0 Å². The van der Waals surface area contributed by atoms with Gasteiger partial charge in [-0.3, -0.25) is 4.98 Å². The number of aromatic nitrogens is 1. The summed E-state index contributed by atoms with van der Waals surface area (Å²) in [6.07, 6.45) is 3.56. The second kappa shape index (κ2) is 5.71. The lowest BCUT2D eigenvalue weighted by atomic mass is 10.1. The van der Waals surface area contributed by atoms with Gasteiger partial charge in [-0.1, -0.05) is 12.1 Å². The smallest absolute Gasteiger partial charge is 0.121 e. The Morgan fingerprint density at radius 1 is 1.19 bits per heavy atom. The maximum atomic E-state index is 6.24. The highest BCUT2D eigenvalue weighted by Crippen LogP contribution is 2.31. The third kappa shape index (κ3) is 2.74. The molecule has 0 bridgehead atoms. The molecule has 0 unspecified atom stereocenters. The zero-order valence-electron chi connectivity index (χ0n) is 11.8. The van der Waals surface area contributed by atoms with Gasteiger partial charge in [0.1, 0.15) is 5.75 Å². The minimum absolute atomic E-state index is 0.647.